The minimum absolute atomic E-state index is 0.0104. The molecule has 1 aliphatic heterocycles. The van der Waals surface area contributed by atoms with Gasteiger partial charge in [0.25, 0.3) is 5.91 Å². The van der Waals surface area contributed by atoms with Crippen molar-refractivity contribution in [3.8, 4) is 5.75 Å². The van der Waals surface area contributed by atoms with Crippen molar-refractivity contribution in [2.45, 2.75) is 63.8 Å². The molecular weight excluding hydrogens is 438 g/mol. The zero-order chi connectivity index (χ0) is 23.0. The third kappa shape index (κ3) is 6.86. The smallest absolute Gasteiger partial charge is 0.260 e. The summed E-state index contributed by atoms with van der Waals surface area (Å²) < 4.78 is 5.63. The Hall–Kier alpha value is -1.79. The summed E-state index contributed by atoms with van der Waals surface area (Å²) in [4.78, 5) is 30.2. The van der Waals surface area contributed by atoms with Crippen LogP contribution in [0.15, 0.2) is 24.3 Å². The number of halogens is 1. The molecule has 1 saturated heterocycles. The molecule has 1 aromatic carbocycles. The van der Waals surface area contributed by atoms with Gasteiger partial charge in [0.15, 0.2) is 6.61 Å². The van der Waals surface area contributed by atoms with Gasteiger partial charge >= 0.3 is 0 Å². The molecule has 1 heterocycles. The number of rotatable bonds is 8. The van der Waals surface area contributed by atoms with Crippen LogP contribution >= 0.6 is 11.6 Å². The van der Waals surface area contributed by atoms with Gasteiger partial charge < -0.3 is 15.0 Å². The molecule has 33 heavy (non-hydrogen) atoms. The lowest BCUT2D eigenvalue weighted by Gasteiger charge is -2.41. The number of amides is 2. The van der Waals surface area contributed by atoms with Gasteiger partial charge in [0.1, 0.15) is 5.75 Å². The normalized spacial score (nSPS) is 21.7. The first-order valence-corrected chi connectivity index (χ1v) is 13.2. The quantitative estimate of drug-likeness (QED) is 0.614. The van der Waals surface area contributed by atoms with Crippen molar-refractivity contribution in [2.75, 3.05) is 39.3 Å². The zero-order valence-electron chi connectivity index (χ0n) is 19.6. The highest BCUT2D eigenvalue weighted by molar-refractivity contribution is 6.30. The van der Waals surface area contributed by atoms with Crippen LogP contribution in [-0.4, -0.2) is 67.0 Å². The molecule has 1 aromatic rings. The van der Waals surface area contributed by atoms with Crippen LogP contribution in [0.25, 0.3) is 0 Å². The summed E-state index contributed by atoms with van der Waals surface area (Å²) in [6.45, 7) is 3.61. The van der Waals surface area contributed by atoms with E-state index in [-0.39, 0.29) is 24.5 Å². The Morgan fingerprint density at radius 3 is 2.24 bits per heavy atom. The van der Waals surface area contributed by atoms with Crippen LogP contribution in [0.1, 0.15) is 57.8 Å². The molecule has 0 aromatic heterocycles. The predicted octanol–water partition coefficient (Wildman–Crippen LogP) is 4.12. The molecule has 2 amide bonds. The second-order valence-electron chi connectivity index (χ2n) is 9.90. The van der Waals surface area contributed by atoms with Crippen molar-refractivity contribution in [3.05, 3.63) is 29.3 Å². The Kier molecular flexibility index (Phi) is 8.90. The molecule has 0 spiro atoms. The van der Waals surface area contributed by atoms with E-state index in [0.29, 0.717) is 35.7 Å². The topological polar surface area (TPSA) is 61.9 Å². The first-order chi connectivity index (χ1) is 16.1. The molecule has 7 heteroatoms. The van der Waals surface area contributed by atoms with E-state index in [9.17, 15) is 9.59 Å². The monoisotopic (exact) mass is 475 g/mol. The number of benzene rings is 1. The summed E-state index contributed by atoms with van der Waals surface area (Å²) >= 11 is 5.90. The zero-order valence-corrected chi connectivity index (χ0v) is 20.4. The lowest BCUT2D eigenvalue weighted by atomic mass is 9.89. The lowest BCUT2D eigenvalue weighted by molar-refractivity contribution is -0.137. The fourth-order valence-corrected chi connectivity index (χ4v) is 5.83. The second-order valence-corrected chi connectivity index (χ2v) is 10.3. The van der Waals surface area contributed by atoms with E-state index in [2.05, 4.69) is 10.2 Å². The molecular formula is C26H38ClN3O3. The van der Waals surface area contributed by atoms with E-state index >= 15 is 0 Å². The fourth-order valence-electron chi connectivity index (χ4n) is 5.71. The Morgan fingerprint density at radius 2 is 1.58 bits per heavy atom. The van der Waals surface area contributed by atoms with Crippen molar-refractivity contribution in [1.29, 1.82) is 0 Å². The van der Waals surface area contributed by atoms with Crippen molar-refractivity contribution in [2.24, 2.45) is 11.8 Å². The van der Waals surface area contributed by atoms with E-state index in [1.165, 1.54) is 44.9 Å². The van der Waals surface area contributed by atoms with E-state index in [4.69, 9.17) is 16.3 Å². The highest BCUT2D eigenvalue weighted by Crippen LogP contribution is 2.31. The first-order valence-electron chi connectivity index (χ1n) is 12.8. The highest BCUT2D eigenvalue weighted by Gasteiger charge is 2.37. The highest BCUT2D eigenvalue weighted by atomic mass is 35.5. The summed E-state index contributed by atoms with van der Waals surface area (Å²) in [6, 6.07) is 6.99. The van der Waals surface area contributed by atoms with Gasteiger partial charge in [-0.25, -0.2) is 0 Å². The largest absolute Gasteiger partial charge is 0.484 e. The van der Waals surface area contributed by atoms with Crippen LogP contribution in [-0.2, 0) is 9.59 Å². The molecule has 182 valence electrons. The second kappa shape index (κ2) is 12.1. The summed E-state index contributed by atoms with van der Waals surface area (Å²) in [6.07, 6.45) is 11.1. The minimum atomic E-state index is -0.0568. The van der Waals surface area contributed by atoms with Crippen molar-refractivity contribution >= 4 is 23.4 Å². The molecule has 6 nitrogen and oxygen atoms in total. The maximum atomic E-state index is 13.3. The van der Waals surface area contributed by atoms with E-state index in [1.54, 1.807) is 24.3 Å². The van der Waals surface area contributed by atoms with Crippen LogP contribution in [0.3, 0.4) is 0 Å². The van der Waals surface area contributed by atoms with Crippen LogP contribution in [0.2, 0.25) is 5.02 Å². The van der Waals surface area contributed by atoms with Crippen molar-refractivity contribution < 1.29 is 14.3 Å². The van der Waals surface area contributed by atoms with Crippen molar-refractivity contribution in [3.63, 3.8) is 0 Å². The van der Waals surface area contributed by atoms with Crippen LogP contribution in [0.5, 0.6) is 5.75 Å². The molecule has 2 aliphatic carbocycles. The summed E-state index contributed by atoms with van der Waals surface area (Å²) in [5, 5.41) is 3.96. The number of carbonyl (C=O) groups is 2. The third-order valence-corrected chi connectivity index (χ3v) is 7.89. The Labute approximate surface area is 203 Å². The van der Waals surface area contributed by atoms with Crippen molar-refractivity contribution in [1.82, 2.24) is 15.1 Å². The number of ether oxygens (including phenoxy) is 1. The third-order valence-electron chi connectivity index (χ3n) is 7.64. The molecule has 1 N–H and O–H groups in total. The number of piperazine rings is 1. The maximum absolute atomic E-state index is 13.3. The minimum Gasteiger partial charge on any atom is -0.484 e. The molecule has 0 bridgehead atoms. The Bertz CT molecular complexity index is 767. The summed E-state index contributed by atoms with van der Waals surface area (Å²) in [7, 11) is 0. The molecule has 2 saturated carbocycles. The number of nitrogens with zero attached hydrogens (tertiary/aromatic N) is 2. The van der Waals surface area contributed by atoms with E-state index in [0.717, 1.165) is 32.5 Å². The van der Waals surface area contributed by atoms with Crippen LogP contribution in [0, 0.1) is 11.8 Å². The average molecular weight is 476 g/mol. The average Bonchev–Trinajstić information content (AvgIpc) is 3.38. The Balaban J connectivity index is 1.27. The van der Waals surface area contributed by atoms with Gasteiger partial charge in [-0.15, -0.1) is 0 Å². The van der Waals surface area contributed by atoms with Gasteiger partial charge in [0, 0.05) is 37.7 Å². The molecule has 1 atom stereocenters. The van der Waals surface area contributed by atoms with Gasteiger partial charge in [-0.3, -0.25) is 14.5 Å². The molecule has 0 unspecified atom stereocenters. The molecule has 4 rings (SSSR count). The standard InChI is InChI=1S/C26H38ClN3O3/c27-22-10-12-23(13-11-22)33-19-24(31)29-14-16-30(17-15-29)25(21-8-4-5-9-21)26(32)28-18-20-6-2-1-3-7-20/h10-13,20-21,25H,1-9,14-19H2,(H,28,32)/t25-/m1/s1. The molecule has 3 fully saturated rings. The Morgan fingerprint density at radius 1 is 0.939 bits per heavy atom. The van der Waals surface area contributed by atoms with Gasteiger partial charge in [0.2, 0.25) is 5.91 Å². The van der Waals surface area contributed by atoms with Gasteiger partial charge in [-0.05, 0) is 61.8 Å². The predicted molar refractivity (Wildman–Crippen MR) is 130 cm³/mol. The van der Waals surface area contributed by atoms with E-state index < -0.39 is 0 Å². The number of hydrogen-bond acceptors (Lipinski definition) is 4. The summed E-state index contributed by atoms with van der Waals surface area (Å²) in [5.74, 6) is 1.92. The van der Waals surface area contributed by atoms with Gasteiger partial charge in [-0.2, -0.15) is 0 Å². The van der Waals surface area contributed by atoms with E-state index in [1.807, 2.05) is 4.90 Å². The van der Waals surface area contributed by atoms with Crippen LogP contribution < -0.4 is 10.1 Å². The summed E-state index contributed by atoms with van der Waals surface area (Å²) in [5.41, 5.74) is 0. The number of hydrogen-bond donors (Lipinski definition) is 1. The molecule has 3 aliphatic rings. The van der Waals surface area contributed by atoms with Gasteiger partial charge in [0.05, 0.1) is 6.04 Å². The van der Waals surface area contributed by atoms with Crippen LogP contribution in [0.4, 0.5) is 0 Å². The fraction of sp³-hybridized carbons (Fsp3) is 0.692. The van der Waals surface area contributed by atoms with Gasteiger partial charge in [-0.1, -0.05) is 43.7 Å². The maximum Gasteiger partial charge on any atom is 0.260 e. The number of nitrogens with one attached hydrogen (secondary N) is 1. The first kappa shape index (κ1) is 24.3. The number of carbonyl (C=O) groups excluding carboxylic acids is 2. The SMILES string of the molecule is O=C(NCC1CCCCC1)[C@@H](C1CCCC1)N1CCN(C(=O)COc2ccc(Cl)cc2)CC1. The lowest BCUT2D eigenvalue weighted by Crippen LogP contribution is -2.58. The molecule has 0 radical (unpaired) electrons.